The molecule has 0 spiro atoms. The van der Waals surface area contributed by atoms with Gasteiger partial charge in [-0.05, 0) is 89.2 Å². The second-order valence-corrected chi connectivity index (χ2v) is 15.1. The van der Waals surface area contributed by atoms with Crippen LogP contribution in [0.4, 0.5) is 17.1 Å². The van der Waals surface area contributed by atoms with E-state index in [4.69, 9.17) is 4.99 Å². The summed E-state index contributed by atoms with van der Waals surface area (Å²) in [4.78, 5) is 5.32. The highest BCUT2D eigenvalue weighted by molar-refractivity contribution is 7.80. The number of nitrogens with zero attached hydrogens (tertiary/aromatic N) is 1. The number of anilines is 2. The highest BCUT2D eigenvalue weighted by Gasteiger charge is 2.16. The van der Waals surface area contributed by atoms with Gasteiger partial charge < -0.3 is 10.6 Å². The minimum Gasteiger partial charge on any atom is -0.374 e. The molecule has 57 heavy (non-hydrogen) atoms. The number of rotatable bonds is 19. The molecular formula is C53H53N3S. The maximum absolute atomic E-state index is 5.32. The fourth-order valence-corrected chi connectivity index (χ4v) is 7.62. The van der Waals surface area contributed by atoms with E-state index in [1.54, 1.807) is 0 Å². The van der Waals surface area contributed by atoms with E-state index in [1.165, 1.54) is 66.3 Å². The van der Waals surface area contributed by atoms with Crippen LogP contribution in [0.3, 0.4) is 0 Å². The molecule has 0 unspecified atom stereocenters. The third kappa shape index (κ3) is 11.4. The van der Waals surface area contributed by atoms with Gasteiger partial charge in [0, 0.05) is 22.5 Å². The van der Waals surface area contributed by atoms with Crippen molar-refractivity contribution in [3.8, 4) is 0 Å². The van der Waals surface area contributed by atoms with Crippen molar-refractivity contribution < 1.29 is 0 Å². The average molecular weight is 764 g/mol. The van der Waals surface area contributed by atoms with Gasteiger partial charge in [0.1, 0.15) is 0 Å². The summed E-state index contributed by atoms with van der Waals surface area (Å²) in [6, 6.07) is 68.8. The van der Waals surface area contributed by atoms with Gasteiger partial charge in [0.15, 0.2) is 0 Å². The zero-order valence-electron chi connectivity index (χ0n) is 32.7. The zero-order chi connectivity index (χ0) is 38.9. The van der Waals surface area contributed by atoms with Crippen LogP contribution in [0.5, 0.6) is 0 Å². The number of thiol groups is 1. The van der Waals surface area contributed by atoms with E-state index in [-0.39, 0.29) is 12.1 Å². The Balaban J connectivity index is 1.14. The lowest BCUT2D eigenvalue weighted by molar-refractivity contribution is 0.609. The van der Waals surface area contributed by atoms with Gasteiger partial charge in [-0.1, -0.05) is 183 Å². The van der Waals surface area contributed by atoms with E-state index in [1.807, 2.05) is 0 Å². The number of aliphatic imine (C=N–C) groups is 1. The lowest BCUT2D eigenvalue weighted by Gasteiger charge is -2.22. The molecule has 2 N–H and O–H groups in total. The summed E-state index contributed by atoms with van der Waals surface area (Å²) in [5.41, 5.74) is 12.4. The molecule has 0 aliphatic carbocycles. The third-order valence-corrected chi connectivity index (χ3v) is 10.8. The second kappa shape index (κ2) is 20.9. The molecule has 0 saturated heterocycles. The van der Waals surface area contributed by atoms with Crippen molar-refractivity contribution >= 4 is 35.4 Å². The molecule has 0 aliphatic heterocycles. The van der Waals surface area contributed by atoms with Gasteiger partial charge in [-0.25, -0.2) is 4.99 Å². The number of benzene rings is 7. The van der Waals surface area contributed by atoms with Crippen LogP contribution in [-0.4, -0.2) is 11.5 Å². The molecule has 7 rings (SSSR count). The molecule has 0 atom stereocenters. The molecule has 3 nitrogen and oxygen atoms in total. The van der Waals surface area contributed by atoms with Crippen molar-refractivity contribution in [1.82, 2.24) is 0 Å². The van der Waals surface area contributed by atoms with Gasteiger partial charge in [0.05, 0.1) is 23.5 Å². The Labute approximate surface area is 345 Å². The predicted molar refractivity (Wildman–Crippen MR) is 247 cm³/mol. The predicted octanol–water partition coefficient (Wildman–Crippen LogP) is 14.1. The molecule has 0 bridgehead atoms. The van der Waals surface area contributed by atoms with Crippen LogP contribution in [0.15, 0.2) is 199 Å². The van der Waals surface area contributed by atoms with E-state index in [9.17, 15) is 0 Å². The lowest BCUT2D eigenvalue weighted by atomic mass is 9.97. The van der Waals surface area contributed by atoms with Crippen LogP contribution in [0, 0.1) is 0 Å². The van der Waals surface area contributed by atoms with Crippen LogP contribution in [0.25, 0.3) is 0 Å². The standard InChI is InChI=1S/C53H53N3S/c57-40-18-4-2-1-3-9-19-41-28-34-48(35-29-41)54-53(46-30-36-49(37-31-46)55-51(42-20-10-5-11-21-42)43-22-12-6-13-23-43)47-32-38-50(39-33-47)56-52(44-24-14-7-15-25-44)45-26-16-8-17-27-45/h5-8,10-17,20-39,51-52,55-57H,1-4,9,18-19,40H2. The first-order valence-electron chi connectivity index (χ1n) is 20.5. The number of nitrogens with one attached hydrogen (secondary N) is 2. The first-order chi connectivity index (χ1) is 28.2. The van der Waals surface area contributed by atoms with E-state index >= 15 is 0 Å². The quantitative estimate of drug-likeness (QED) is 0.0436. The molecule has 0 aromatic heterocycles. The number of hydrogen-bond acceptors (Lipinski definition) is 4. The first-order valence-corrected chi connectivity index (χ1v) is 21.1. The number of unbranched alkanes of at least 4 members (excludes halogenated alkanes) is 5. The van der Waals surface area contributed by atoms with Gasteiger partial charge in [-0.15, -0.1) is 0 Å². The maximum atomic E-state index is 5.32. The summed E-state index contributed by atoms with van der Waals surface area (Å²) < 4.78 is 0. The largest absolute Gasteiger partial charge is 0.374 e. The molecular weight excluding hydrogens is 711 g/mol. The van der Waals surface area contributed by atoms with Crippen LogP contribution >= 0.6 is 12.6 Å². The SMILES string of the molecule is SCCCCCCCCc1ccc(N=C(c2ccc(NC(c3ccccc3)c3ccccc3)cc2)c2ccc(NC(c3ccccc3)c3ccccc3)cc2)cc1. The van der Waals surface area contributed by atoms with Crippen molar-refractivity contribution in [2.75, 3.05) is 16.4 Å². The van der Waals surface area contributed by atoms with E-state index < -0.39 is 0 Å². The third-order valence-electron chi connectivity index (χ3n) is 10.5. The molecule has 4 heteroatoms. The molecule has 286 valence electrons. The molecule has 7 aromatic carbocycles. The van der Waals surface area contributed by atoms with Crippen molar-refractivity contribution in [2.24, 2.45) is 4.99 Å². The molecule has 7 aromatic rings. The van der Waals surface area contributed by atoms with Gasteiger partial charge in [0.2, 0.25) is 0 Å². The Morgan fingerprint density at radius 2 is 0.772 bits per heavy atom. The Kier molecular flexibility index (Phi) is 14.4. The molecule has 0 amide bonds. The lowest BCUT2D eigenvalue weighted by Crippen LogP contribution is -2.13. The van der Waals surface area contributed by atoms with Crippen LogP contribution in [0.1, 0.15) is 89.6 Å². The van der Waals surface area contributed by atoms with E-state index in [0.29, 0.717) is 0 Å². The molecule has 0 saturated carbocycles. The topological polar surface area (TPSA) is 36.4 Å². The van der Waals surface area contributed by atoms with Crippen molar-refractivity contribution in [3.63, 3.8) is 0 Å². The fraction of sp³-hybridized carbons (Fsp3) is 0.189. The fourth-order valence-electron chi connectivity index (χ4n) is 7.39. The average Bonchev–Trinajstić information content (AvgIpc) is 3.28. The number of hydrogen-bond donors (Lipinski definition) is 3. The van der Waals surface area contributed by atoms with Gasteiger partial charge in [-0.3, -0.25) is 0 Å². The van der Waals surface area contributed by atoms with Crippen LogP contribution in [-0.2, 0) is 6.42 Å². The Bertz CT molecular complexity index is 2010. The first kappa shape index (κ1) is 39.4. The second-order valence-electron chi connectivity index (χ2n) is 14.7. The number of aryl methyl sites for hydroxylation is 1. The zero-order valence-corrected chi connectivity index (χ0v) is 33.6. The van der Waals surface area contributed by atoms with Crippen molar-refractivity contribution in [2.45, 2.75) is 57.0 Å². The van der Waals surface area contributed by atoms with Crippen molar-refractivity contribution in [1.29, 1.82) is 0 Å². The monoisotopic (exact) mass is 763 g/mol. The summed E-state index contributed by atoms with van der Waals surface area (Å²) in [5.74, 6) is 0.995. The van der Waals surface area contributed by atoms with Gasteiger partial charge in [-0.2, -0.15) is 12.6 Å². The summed E-state index contributed by atoms with van der Waals surface area (Å²) >= 11 is 4.34. The molecule has 0 heterocycles. The van der Waals surface area contributed by atoms with Gasteiger partial charge in [0.25, 0.3) is 0 Å². The Hall–Kier alpha value is -5.84. The maximum Gasteiger partial charge on any atom is 0.0781 e. The molecule has 0 fully saturated rings. The minimum atomic E-state index is 0.0265. The summed E-state index contributed by atoms with van der Waals surface area (Å²) in [7, 11) is 0. The van der Waals surface area contributed by atoms with E-state index in [0.717, 1.165) is 46.1 Å². The van der Waals surface area contributed by atoms with Crippen molar-refractivity contribution in [3.05, 3.63) is 233 Å². The molecule has 0 aliphatic rings. The smallest absolute Gasteiger partial charge is 0.0781 e. The summed E-state index contributed by atoms with van der Waals surface area (Å²) in [6.07, 6.45) is 8.74. The Morgan fingerprint density at radius 1 is 0.404 bits per heavy atom. The summed E-state index contributed by atoms with van der Waals surface area (Å²) in [6.45, 7) is 0. The van der Waals surface area contributed by atoms with Crippen LogP contribution in [0.2, 0.25) is 0 Å². The Morgan fingerprint density at radius 3 is 1.16 bits per heavy atom. The van der Waals surface area contributed by atoms with Crippen LogP contribution < -0.4 is 10.6 Å². The molecule has 0 radical (unpaired) electrons. The highest BCUT2D eigenvalue weighted by atomic mass is 32.1. The van der Waals surface area contributed by atoms with Gasteiger partial charge >= 0.3 is 0 Å². The minimum absolute atomic E-state index is 0.0265. The summed E-state index contributed by atoms with van der Waals surface area (Å²) in [5, 5.41) is 7.62. The normalized spacial score (nSPS) is 11.1. The highest BCUT2D eigenvalue weighted by Crippen LogP contribution is 2.30. The van der Waals surface area contributed by atoms with E-state index in [2.05, 4.69) is 217 Å².